The van der Waals surface area contributed by atoms with E-state index >= 15 is 0 Å². The maximum Gasteiger partial charge on any atom is 0.137 e. The summed E-state index contributed by atoms with van der Waals surface area (Å²) in [6.45, 7) is 6.23. The van der Waals surface area contributed by atoms with Crippen molar-refractivity contribution >= 4 is 0 Å². The molecule has 1 aliphatic heterocycles. The van der Waals surface area contributed by atoms with Crippen LogP contribution in [0.5, 0.6) is 0 Å². The number of aryl methyl sites for hydroxylation is 1. The van der Waals surface area contributed by atoms with Gasteiger partial charge in [-0.2, -0.15) is 0 Å². The second-order valence-corrected chi connectivity index (χ2v) is 5.50. The summed E-state index contributed by atoms with van der Waals surface area (Å²) in [7, 11) is 0. The first-order chi connectivity index (χ1) is 8.22. The highest BCUT2D eigenvalue weighted by Gasteiger charge is 2.21. The van der Waals surface area contributed by atoms with Crippen LogP contribution in [-0.2, 0) is 13.0 Å². The Labute approximate surface area is 104 Å². The molecule has 0 saturated heterocycles. The summed E-state index contributed by atoms with van der Waals surface area (Å²) in [4.78, 5) is 0. The number of nitrogens with zero attached hydrogens (tertiary/aromatic N) is 3. The van der Waals surface area contributed by atoms with Gasteiger partial charge in [0.25, 0.3) is 0 Å². The van der Waals surface area contributed by atoms with Crippen molar-refractivity contribution in [1.82, 2.24) is 14.8 Å². The van der Waals surface area contributed by atoms with Crippen LogP contribution in [0.2, 0.25) is 0 Å². The average Bonchev–Trinajstić information content (AvgIpc) is 2.55. The summed E-state index contributed by atoms with van der Waals surface area (Å²) in [5, 5.41) is 8.75. The molecule has 1 aromatic heterocycles. The van der Waals surface area contributed by atoms with Crippen LogP contribution in [0.1, 0.15) is 57.1 Å². The summed E-state index contributed by atoms with van der Waals surface area (Å²) in [6.07, 6.45) is 5.98. The van der Waals surface area contributed by atoms with Crippen LogP contribution in [-0.4, -0.2) is 21.3 Å². The zero-order chi connectivity index (χ0) is 12.3. The van der Waals surface area contributed by atoms with Crippen molar-refractivity contribution in [3.63, 3.8) is 0 Å². The molecule has 0 saturated carbocycles. The Morgan fingerprint density at radius 1 is 1.24 bits per heavy atom. The minimum atomic E-state index is 0.370. The van der Waals surface area contributed by atoms with Gasteiger partial charge in [-0.25, -0.2) is 0 Å². The van der Waals surface area contributed by atoms with E-state index in [1.54, 1.807) is 0 Å². The third-order valence-corrected chi connectivity index (χ3v) is 3.54. The second-order valence-electron chi connectivity index (χ2n) is 5.50. The van der Waals surface area contributed by atoms with Gasteiger partial charge in [0.2, 0.25) is 0 Å². The molecule has 0 spiro atoms. The maximum absolute atomic E-state index is 5.90. The van der Waals surface area contributed by atoms with Crippen molar-refractivity contribution in [1.29, 1.82) is 0 Å². The fourth-order valence-corrected chi connectivity index (χ4v) is 2.69. The average molecular weight is 236 g/mol. The van der Waals surface area contributed by atoms with Crippen molar-refractivity contribution < 1.29 is 0 Å². The molecule has 1 aliphatic rings. The molecule has 17 heavy (non-hydrogen) atoms. The summed E-state index contributed by atoms with van der Waals surface area (Å²) in [5.41, 5.74) is 5.90. The molecule has 1 aromatic rings. The van der Waals surface area contributed by atoms with E-state index in [2.05, 4.69) is 28.6 Å². The molecule has 2 rings (SSSR count). The van der Waals surface area contributed by atoms with E-state index < -0.39 is 0 Å². The first kappa shape index (κ1) is 12.6. The molecule has 2 N–H and O–H groups in total. The van der Waals surface area contributed by atoms with Gasteiger partial charge < -0.3 is 10.3 Å². The summed E-state index contributed by atoms with van der Waals surface area (Å²) < 4.78 is 2.33. The lowest BCUT2D eigenvalue weighted by molar-refractivity contribution is 0.464. The number of hydrogen-bond acceptors (Lipinski definition) is 3. The van der Waals surface area contributed by atoms with Crippen molar-refractivity contribution in [2.45, 2.75) is 58.4 Å². The van der Waals surface area contributed by atoms with Gasteiger partial charge in [-0.1, -0.05) is 20.3 Å². The molecule has 0 bridgehead atoms. The predicted octanol–water partition coefficient (Wildman–Crippen LogP) is 2.09. The van der Waals surface area contributed by atoms with Crippen molar-refractivity contribution in [3.8, 4) is 0 Å². The topological polar surface area (TPSA) is 56.7 Å². The highest BCUT2D eigenvalue weighted by molar-refractivity contribution is 5.04. The Bertz CT molecular complexity index is 356. The molecule has 4 nitrogen and oxygen atoms in total. The SMILES string of the molecule is CC(C)CC(CN)c1nnc2n1CCCCC2. The van der Waals surface area contributed by atoms with Gasteiger partial charge in [0.1, 0.15) is 11.6 Å². The Hall–Kier alpha value is -0.900. The monoisotopic (exact) mass is 236 g/mol. The molecular formula is C13H24N4. The zero-order valence-electron chi connectivity index (χ0n) is 11.0. The lowest BCUT2D eigenvalue weighted by Gasteiger charge is -2.17. The Balaban J connectivity index is 2.22. The van der Waals surface area contributed by atoms with Crippen LogP contribution >= 0.6 is 0 Å². The number of fused-ring (bicyclic) bond motifs is 1. The van der Waals surface area contributed by atoms with Crippen LogP contribution in [0.15, 0.2) is 0 Å². The summed E-state index contributed by atoms with van der Waals surface area (Å²) >= 11 is 0. The normalized spacial score (nSPS) is 17.9. The molecular weight excluding hydrogens is 212 g/mol. The van der Waals surface area contributed by atoms with E-state index in [0.29, 0.717) is 18.4 Å². The van der Waals surface area contributed by atoms with Crippen molar-refractivity contribution in [3.05, 3.63) is 11.6 Å². The molecule has 2 heterocycles. The minimum absolute atomic E-state index is 0.370. The third-order valence-electron chi connectivity index (χ3n) is 3.54. The summed E-state index contributed by atoms with van der Waals surface area (Å²) in [6, 6.07) is 0. The first-order valence-electron chi connectivity index (χ1n) is 6.84. The lowest BCUT2D eigenvalue weighted by atomic mass is 9.96. The Kier molecular flexibility index (Phi) is 4.15. The lowest BCUT2D eigenvalue weighted by Crippen LogP contribution is -2.19. The van der Waals surface area contributed by atoms with Gasteiger partial charge >= 0.3 is 0 Å². The van der Waals surface area contributed by atoms with E-state index in [4.69, 9.17) is 5.73 Å². The molecule has 0 amide bonds. The van der Waals surface area contributed by atoms with Crippen molar-refractivity contribution in [2.75, 3.05) is 6.54 Å². The van der Waals surface area contributed by atoms with Crippen LogP contribution in [0.3, 0.4) is 0 Å². The largest absolute Gasteiger partial charge is 0.330 e. The third kappa shape index (κ3) is 2.86. The van der Waals surface area contributed by atoms with E-state index in [9.17, 15) is 0 Å². The molecule has 0 aliphatic carbocycles. The highest BCUT2D eigenvalue weighted by atomic mass is 15.3. The predicted molar refractivity (Wildman–Crippen MR) is 68.8 cm³/mol. The van der Waals surface area contributed by atoms with Gasteiger partial charge in [-0.3, -0.25) is 0 Å². The maximum atomic E-state index is 5.90. The molecule has 4 heteroatoms. The zero-order valence-corrected chi connectivity index (χ0v) is 11.0. The van der Waals surface area contributed by atoms with Gasteiger partial charge in [-0.15, -0.1) is 10.2 Å². The van der Waals surface area contributed by atoms with Crippen LogP contribution in [0.25, 0.3) is 0 Å². The fraction of sp³-hybridized carbons (Fsp3) is 0.846. The standard InChI is InChI=1S/C13H24N4/c1-10(2)8-11(9-14)13-16-15-12-6-4-3-5-7-17(12)13/h10-11H,3-9,14H2,1-2H3. The minimum Gasteiger partial charge on any atom is -0.330 e. The Morgan fingerprint density at radius 2 is 2.06 bits per heavy atom. The van der Waals surface area contributed by atoms with Crippen LogP contribution in [0.4, 0.5) is 0 Å². The van der Waals surface area contributed by atoms with Gasteiger partial charge in [0.05, 0.1) is 0 Å². The van der Waals surface area contributed by atoms with Gasteiger partial charge in [0.15, 0.2) is 0 Å². The van der Waals surface area contributed by atoms with Crippen LogP contribution in [0, 0.1) is 5.92 Å². The quantitative estimate of drug-likeness (QED) is 0.871. The number of hydrogen-bond donors (Lipinski definition) is 1. The van der Waals surface area contributed by atoms with Gasteiger partial charge in [-0.05, 0) is 25.2 Å². The van der Waals surface area contributed by atoms with E-state index in [1.807, 2.05) is 0 Å². The molecule has 0 radical (unpaired) electrons. The fourth-order valence-electron chi connectivity index (χ4n) is 2.69. The number of rotatable bonds is 4. The Morgan fingerprint density at radius 3 is 2.76 bits per heavy atom. The number of nitrogens with two attached hydrogens (primary N) is 1. The number of aromatic nitrogens is 3. The smallest absolute Gasteiger partial charge is 0.137 e. The second kappa shape index (κ2) is 5.63. The van der Waals surface area contributed by atoms with E-state index in [0.717, 1.165) is 25.2 Å². The molecule has 0 fully saturated rings. The molecule has 0 aromatic carbocycles. The van der Waals surface area contributed by atoms with Gasteiger partial charge in [0, 0.05) is 25.4 Å². The first-order valence-corrected chi connectivity index (χ1v) is 6.84. The van der Waals surface area contributed by atoms with E-state index in [1.165, 1.54) is 25.1 Å². The highest BCUT2D eigenvalue weighted by Crippen LogP contribution is 2.24. The molecule has 96 valence electrons. The van der Waals surface area contributed by atoms with Crippen molar-refractivity contribution in [2.24, 2.45) is 11.7 Å². The van der Waals surface area contributed by atoms with E-state index in [-0.39, 0.29) is 0 Å². The summed E-state index contributed by atoms with van der Waals surface area (Å²) in [5.74, 6) is 3.31. The molecule has 1 unspecified atom stereocenters. The molecule has 1 atom stereocenters. The van der Waals surface area contributed by atoms with Crippen LogP contribution < -0.4 is 5.73 Å².